The molecule has 42 heavy (non-hydrogen) atoms. The smallest absolute Gasteiger partial charge is 0.253 e. The Hall–Kier alpha value is -2.51. The number of rotatable bonds is 8. The fourth-order valence-corrected chi connectivity index (χ4v) is 7.92. The van der Waals surface area contributed by atoms with E-state index in [1.807, 2.05) is 37.3 Å². The Morgan fingerprint density at radius 2 is 1.21 bits per heavy atom. The van der Waals surface area contributed by atoms with Crippen LogP contribution in [0.15, 0.2) is 83.3 Å². The Morgan fingerprint density at radius 1 is 0.738 bits per heavy atom. The van der Waals surface area contributed by atoms with E-state index in [1.165, 1.54) is 49.7 Å². The topological polar surface area (TPSA) is 61.6 Å². The molecule has 0 aromatic heterocycles. The van der Waals surface area contributed by atoms with Crippen molar-refractivity contribution in [1.29, 1.82) is 0 Å². The summed E-state index contributed by atoms with van der Waals surface area (Å²) in [6.07, 6.45) is 9.63. The third kappa shape index (κ3) is 6.83. The number of carbonyl (C=O) groups excluding carboxylic acids is 1. The lowest BCUT2D eigenvalue weighted by Crippen LogP contribution is -2.53. The summed E-state index contributed by atoms with van der Waals surface area (Å²) in [4.78, 5) is 17.9. The minimum Gasteiger partial charge on any atom is -0.343 e. The SMILES string of the molecule is CN(C)C1(C(N)c2ccccc2)CCCC1.Cc1cccc(Br)c1C(=O)NC(c1ccccc1)C1(N(C)C)CCCC1. The third-order valence-electron chi connectivity index (χ3n) is 9.85. The van der Waals surface area contributed by atoms with E-state index in [4.69, 9.17) is 5.73 Å². The molecule has 2 aliphatic rings. The van der Waals surface area contributed by atoms with Crippen molar-refractivity contribution >= 4 is 21.8 Å². The van der Waals surface area contributed by atoms with Gasteiger partial charge < -0.3 is 20.9 Å². The zero-order chi connectivity index (χ0) is 30.3. The number of nitrogens with zero attached hydrogens (tertiary/aromatic N) is 2. The van der Waals surface area contributed by atoms with E-state index in [9.17, 15) is 4.79 Å². The first-order valence-corrected chi connectivity index (χ1v) is 16.2. The van der Waals surface area contributed by atoms with Crippen molar-refractivity contribution in [2.75, 3.05) is 28.2 Å². The molecule has 2 saturated carbocycles. The predicted octanol–water partition coefficient (Wildman–Crippen LogP) is 7.66. The predicted molar refractivity (Wildman–Crippen MR) is 179 cm³/mol. The fraction of sp³-hybridized carbons (Fsp3) is 0.472. The molecule has 5 nitrogen and oxygen atoms in total. The van der Waals surface area contributed by atoms with Crippen LogP contribution in [0.4, 0.5) is 0 Å². The maximum atomic E-state index is 13.2. The molecule has 1 amide bonds. The second-order valence-electron chi connectivity index (χ2n) is 12.5. The molecule has 0 spiro atoms. The van der Waals surface area contributed by atoms with Gasteiger partial charge in [0.05, 0.1) is 11.6 Å². The van der Waals surface area contributed by atoms with Crippen LogP contribution in [-0.4, -0.2) is 55.0 Å². The summed E-state index contributed by atoms with van der Waals surface area (Å²) in [5.41, 5.74) is 10.7. The number of likely N-dealkylation sites (N-methyl/N-ethyl adjacent to an activating group) is 2. The second kappa shape index (κ2) is 14.3. The van der Waals surface area contributed by atoms with Gasteiger partial charge in [-0.05, 0) is 99.5 Å². The Kier molecular flexibility index (Phi) is 11.0. The van der Waals surface area contributed by atoms with Crippen LogP contribution in [0.5, 0.6) is 0 Å². The van der Waals surface area contributed by atoms with Gasteiger partial charge in [-0.2, -0.15) is 0 Å². The molecule has 2 atom stereocenters. The molecule has 3 aromatic carbocycles. The average Bonchev–Trinajstić information content (AvgIpc) is 3.69. The van der Waals surface area contributed by atoms with E-state index in [0.717, 1.165) is 28.4 Å². The van der Waals surface area contributed by atoms with E-state index in [0.29, 0.717) is 0 Å². The first-order chi connectivity index (χ1) is 20.1. The Morgan fingerprint density at radius 3 is 1.69 bits per heavy atom. The highest BCUT2D eigenvalue weighted by Crippen LogP contribution is 2.44. The Bertz CT molecular complexity index is 1260. The van der Waals surface area contributed by atoms with E-state index in [1.54, 1.807) is 0 Å². The maximum absolute atomic E-state index is 13.2. The number of carbonyl (C=O) groups is 1. The van der Waals surface area contributed by atoms with Crippen molar-refractivity contribution in [1.82, 2.24) is 15.1 Å². The van der Waals surface area contributed by atoms with E-state index in [2.05, 4.69) is 108 Å². The number of halogens is 1. The zero-order valence-corrected chi connectivity index (χ0v) is 27.7. The zero-order valence-electron chi connectivity index (χ0n) is 26.1. The van der Waals surface area contributed by atoms with Gasteiger partial charge in [-0.3, -0.25) is 4.79 Å². The van der Waals surface area contributed by atoms with Crippen LogP contribution >= 0.6 is 15.9 Å². The molecule has 2 unspecified atom stereocenters. The lowest BCUT2D eigenvalue weighted by molar-refractivity contribution is 0.0765. The number of amides is 1. The molecule has 3 aromatic rings. The van der Waals surface area contributed by atoms with Crippen LogP contribution in [0.1, 0.15) is 90.5 Å². The molecule has 0 saturated heterocycles. The molecular formula is C36H49BrN4O. The molecule has 6 heteroatoms. The highest BCUT2D eigenvalue weighted by Gasteiger charge is 2.45. The van der Waals surface area contributed by atoms with Crippen LogP contribution in [-0.2, 0) is 0 Å². The van der Waals surface area contributed by atoms with E-state index < -0.39 is 0 Å². The Balaban J connectivity index is 0.000000216. The van der Waals surface area contributed by atoms with E-state index >= 15 is 0 Å². The van der Waals surface area contributed by atoms with Gasteiger partial charge in [-0.25, -0.2) is 0 Å². The van der Waals surface area contributed by atoms with Crippen LogP contribution in [0, 0.1) is 6.92 Å². The largest absolute Gasteiger partial charge is 0.343 e. The van der Waals surface area contributed by atoms with Crippen molar-refractivity contribution in [2.45, 2.75) is 81.5 Å². The molecule has 2 fully saturated rings. The Labute approximate surface area is 262 Å². The van der Waals surface area contributed by atoms with Crippen LogP contribution in [0.3, 0.4) is 0 Å². The van der Waals surface area contributed by atoms with Gasteiger partial charge in [0.25, 0.3) is 5.91 Å². The summed E-state index contributed by atoms with van der Waals surface area (Å²) in [5, 5.41) is 3.38. The number of hydrogen-bond acceptors (Lipinski definition) is 4. The van der Waals surface area contributed by atoms with Crippen molar-refractivity contribution < 1.29 is 4.79 Å². The summed E-state index contributed by atoms with van der Waals surface area (Å²) in [5.74, 6) is -0.0167. The summed E-state index contributed by atoms with van der Waals surface area (Å²) >= 11 is 3.55. The molecule has 2 aliphatic carbocycles. The van der Waals surface area contributed by atoms with Crippen molar-refractivity contribution in [3.8, 4) is 0 Å². The second-order valence-corrected chi connectivity index (χ2v) is 13.4. The molecule has 0 radical (unpaired) electrons. The number of aryl methyl sites for hydroxylation is 1. The monoisotopic (exact) mass is 632 g/mol. The van der Waals surface area contributed by atoms with Gasteiger partial charge in [0, 0.05) is 21.6 Å². The first kappa shape index (κ1) is 32.4. The normalized spacial score (nSPS) is 18.8. The maximum Gasteiger partial charge on any atom is 0.253 e. The summed E-state index contributed by atoms with van der Waals surface area (Å²) in [6, 6.07) is 26.8. The van der Waals surface area contributed by atoms with E-state index in [-0.39, 0.29) is 29.1 Å². The van der Waals surface area contributed by atoms with Gasteiger partial charge in [-0.1, -0.05) is 98.5 Å². The number of nitrogens with two attached hydrogens (primary N) is 1. The summed E-state index contributed by atoms with van der Waals surface area (Å²) in [6.45, 7) is 1.98. The number of hydrogen-bond donors (Lipinski definition) is 2. The molecular weight excluding hydrogens is 584 g/mol. The van der Waals surface area contributed by atoms with Gasteiger partial charge in [0.15, 0.2) is 0 Å². The summed E-state index contributed by atoms with van der Waals surface area (Å²) < 4.78 is 0.840. The molecule has 0 bridgehead atoms. The summed E-state index contributed by atoms with van der Waals surface area (Å²) in [7, 11) is 8.59. The van der Waals surface area contributed by atoms with Gasteiger partial charge in [0.1, 0.15) is 0 Å². The lowest BCUT2D eigenvalue weighted by Gasteiger charge is -2.44. The third-order valence-corrected chi connectivity index (χ3v) is 10.5. The highest BCUT2D eigenvalue weighted by atomic mass is 79.9. The van der Waals surface area contributed by atoms with Crippen LogP contribution in [0.2, 0.25) is 0 Å². The van der Waals surface area contributed by atoms with Crippen molar-refractivity contribution in [3.05, 3.63) is 106 Å². The average molecular weight is 634 g/mol. The highest BCUT2D eigenvalue weighted by molar-refractivity contribution is 9.10. The number of benzene rings is 3. The molecule has 0 aliphatic heterocycles. The molecule has 5 rings (SSSR count). The van der Waals surface area contributed by atoms with Crippen molar-refractivity contribution in [3.63, 3.8) is 0 Å². The standard InChI is InChI=1S/C22H27BrN2O.C14H22N2/c1-16-10-9-13-18(23)19(16)21(26)24-20(17-11-5-4-6-12-17)22(25(2)3)14-7-8-15-22;1-16(2)14(10-6-7-11-14)13(15)12-8-4-3-5-9-12/h4-6,9-13,20H,7-8,14-15H2,1-3H3,(H,24,26);3-5,8-9,13H,6-7,10-11,15H2,1-2H3. The lowest BCUT2D eigenvalue weighted by atomic mass is 9.82. The minimum absolute atomic E-state index is 0.0167. The first-order valence-electron chi connectivity index (χ1n) is 15.4. The van der Waals surface area contributed by atoms with Crippen LogP contribution in [0.25, 0.3) is 0 Å². The molecule has 0 heterocycles. The van der Waals surface area contributed by atoms with Gasteiger partial charge in [-0.15, -0.1) is 0 Å². The quantitative estimate of drug-likeness (QED) is 0.268. The van der Waals surface area contributed by atoms with Crippen LogP contribution < -0.4 is 11.1 Å². The fourth-order valence-electron chi connectivity index (χ4n) is 7.27. The number of nitrogens with one attached hydrogen (secondary N) is 1. The van der Waals surface area contributed by atoms with Gasteiger partial charge >= 0.3 is 0 Å². The molecule has 226 valence electrons. The molecule has 3 N–H and O–H groups in total. The van der Waals surface area contributed by atoms with Gasteiger partial charge in [0.2, 0.25) is 0 Å². The van der Waals surface area contributed by atoms with Crippen molar-refractivity contribution in [2.24, 2.45) is 5.73 Å². The minimum atomic E-state index is -0.0494.